The van der Waals surface area contributed by atoms with Gasteiger partial charge in [0.1, 0.15) is 0 Å². The van der Waals surface area contributed by atoms with Crippen LogP contribution >= 0.6 is 22.9 Å². The molecule has 2 atom stereocenters. The Morgan fingerprint density at radius 2 is 2.10 bits per heavy atom. The third kappa shape index (κ3) is 8.22. The molecule has 0 radical (unpaired) electrons. The van der Waals surface area contributed by atoms with E-state index in [9.17, 15) is 5.11 Å². The highest BCUT2D eigenvalue weighted by molar-refractivity contribution is 7.16. The summed E-state index contributed by atoms with van der Waals surface area (Å²) in [6.45, 7) is 8.21. The van der Waals surface area contributed by atoms with Crippen molar-refractivity contribution in [3.63, 3.8) is 0 Å². The largest absolute Gasteiger partial charge is 0.389 e. The minimum atomic E-state index is -0.448. The average molecular weight is 320 g/mol. The first-order valence-electron chi connectivity index (χ1n) is 7.22. The van der Waals surface area contributed by atoms with Gasteiger partial charge in [0.15, 0.2) is 0 Å². The van der Waals surface area contributed by atoms with Gasteiger partial charge in [0.05, 0.1) is 23.2 Å². The summed E-state index contributed by atoms with van der Waals surface area (Å²) in [4.78, 5) is 1.26. The standard InChI is InChI=1S/C15H26ClNO2S/c1-11(2)8-12(3)19-10-13(18)9-17-7-6-14-4-5-15(16)20-14/h4-5,11-13,17-18H,6-10H2,1-3H3. The zero-order valence-electron chi connectivity index (χ0n) is 12.6. The van der Waals surface area contributed by atoms with Crippen molar-refractivity contribution in [1.82, 2.24) is 5.32 Å². The highest BCUT2D eigenvalue weighted by Crippen LogP contribution is 2.21. The molecule has 3 nitrogen and oxygen atoms in total. The lowest BCUT2D eigenvalue weighted by Gasteiger charge is -2.18. The van der Waals surface area contributed by atoms with Crippen LogP contribution in [-0.2, 0) is 11.2 Å². The molecule has 0 saturated carbocycles. The summed E-state index contributed by atoms with van der Waals surface area (Å²) in [5, 5.41) is 13.1. The molecule has 0 aliphatic rings. The molecule has 1 rings (SSSR count). The molecule has 0 fully saturated rings. The molecule has 0 saturated heterocycles. The van der Waals surface area contributed by atoms with Crippen molar-refractivity contribution in [2.45, 2.75) is 45.8 Å². The number of aliphatic hydroxyl groups is 1. The number of hydrogen-bond donors (Lipinski definition) is 2. The molecule has 1 aromatic heterocycles. The van der Waals surface area contributed by atoms with Crippen molar-refractivity contribution in [1.29, 1.82) is 0 Å². The Morgan fingerprint density at radius 3 is 2.70 bits per heavy atom. The highest BCUT2D eigenvalue weighted by Gasteiger charge is 2.09. The van der Waals surface area contributed by atoms with Crippen LogP contribution in [0.2, 0.25) is 4.34 Å². The van der Waals surface area contributed by atoms with Crippen LogP contribution in [0.4, 0.5) is 0 Å². The Kier molecular flexibility index (Phi) is 8.73. The van der Waals surface area contributed by atoms with E-state index in [1.807, 2.05) is 12.1 Å². The zero-order valence-corrected chi connectivity index (χ0v) is 14.1. The molecule has 2 N–H and O–H groups in total. The maximum Gasteiger partial charge on any atom is 0.0931 e. The van der Waals surface area contributed by atoms with Gasteiger partial charge >= 0.3 is 0 Å². The molecule has 0 bridgehead atoms. The van der Waals surface area contributed by atoms with Crippen molar-refractivity contribution in [2.75, 3.05) is 19.7 Å². The second-order valence-corrected chi connectivity index (χ2v) is 7.39. The quantitative estimate of drug-likeness (QED) is 0.650. The van der Waals surface area contributed by atoms with E-state index in [0.29, 0.717) is 19.1 Å². The van der Waals surface area contributed by atoms with Crippen molar-refractivity contribution in [3.05, 3.63) is 21.3 Å². The summed E-state index contributed by atoms with van der Waals surface area (Å²) in [6.07, 6.45) is 1.73. The molecule has 5 heteroatoms. The van der Waals surface area contributed by atoms with Crippen LogP contribution in [0.5, 0.6) is 0 Å². The Bertz CT molecular complexity index is 371. The predicted octanol–water partition coefficient (Wildman–Crippen LogP) is 3.35. The second kappa shape index (κ2) is 9.74. The molecule has 1 heterocycles. The number of thiophene rings is 1. The summed E-state index contributed by atoms with van der Waals surface area (Å²) in [5.41, 5.74) is 0. The van der Waals surface area contributed by atoms with Gasteiger partial charge in [-0.2, -0.15) is 0 Å². The number of ether oxygens (including phenoxy) is 1. The topological polar surface area (TPSA) is 41.5 Å². The van der Waals surface area contributed by atoms with Gasteiger partial charge in [0.2, 0.25) is 0 Å². The minimum absolute atomic E-state index is 0.206. The number of nitrogens with one attached hydrogen (secondary N) is 1. The van der Waals surface area contributed by atoms with Gasteiger partial charge in [-0.25, -0.2) is 0 Å². The van der Waals surface area contributed by atoms with E-state index < -0.39 is 6.10 Å². The number of hydrogen-bond acceptors (Lipinski definition) is 4. The van der Waals surface area contributed by atoms with Crippen molar-refractivity contribution in [3.8, 4) is 0 Å². The van der Waals surface area contributed by atoms with Gasteiger partial charge in [0, 0.05) is 18.0 Å². The second-order valence-electron chi connectivity index (χ2n) is 5.59. The maximum absolute atomic E-state index is 9.83. The van der Waals surface area contributed by atoms with Crippen LogP contribution in [0.25, 0.3) is 0 Å². The third-order valence-electron chi connectivity index (χ3n) is 2.93. The van der Waals surface area contributed by atoms with E-state index in [-0.39, 0.29) is 6.10 Å². The fraction of sp³-hybridized carbons (Fsp3) is 0.733. The van der Waals surface area contributed by atoms with Gasteiger partial charge < -0.3 is 15.2 Å². The van der Waals surface area contributed by atoms with E-state index in [0.717, 1.165) is 23.7 Å². The summed E-state index contributed by atoms with van der Waals surface area (Å²) in [6, 6.07) is 3.96. The van der Waals surface area contributed by atoms with E-state index in [4.69, 9.17) is 16.3 Å². The summed E-state index contributed by atoms with van der Waals surface area (Å²) < 4.78 is 6.45. The zero-order chi connectivity index (χ0) is 15.0. The number of halogens is 1. The Morgan fingerprint density at radius 1 is 1.35 bits per heavy atom. The molecule has 20 heavy (non-hydrogen) atoms. The molecule has 0 aromatic carbocycles. The predicted molar refractivity (Wildman–Crippen MR) is 86.8 cm³/mol. The third-order valence-corrected chi connectivity index (χ3v) is 4.22. The lowest BCUT2D eigenvalue weighted by Crippen LogP contribution is -2.32. The molecule has 1 aromatic rings. The van der Waals surface area contributed by atoms with Gasteiger partial charge in [0.25, 0.3) is 0 Å². The summed E-state index contributed by atoms with van der Waals surface area (Å²) in [7, 11) is 0. The first-order valence-corrected chi connectivity index (χ1v) is 8.41. The van der Waals surface area contributed by atoms with Gasteiger partial charge in [-0.05, 0) is 37.8 Å². The maximum atomic E-state index is 9.83. The molecule has 0 amide bonds. The normalized spacial score (nSPS) is 14.7. The van der Waals surface area contributed by atoms with Crippen molar-refractivity contribution < 1.29 is 9.84 Å². The molecule has 2 unspecified atom stereocenters. The van der Waals surface area contributed by atoms with E-state index in [1.54, 1.807) is 11.3 Å². The SMILES string of the molecule is CC(C)CC(C)OCC(O)CNCCc1ccc(Cl)s1. The minimum Gasteiger partial charge on any atom is -0.389 e. The molecular weight excluding hydrogens is 294 g/mol. The number of rotatable bonds is 10. The lowest BCUT2D eigenvalue weighted by atomic mass is 10.1. The monoisotopic (exact) mass is 319 g/mol. The fourth-order valence-corrected chi connectivity index (χ4v) is 3.12. The summed E-state index contributed by atoms with van der Waals surface area (Å²) >= 11 is 7.48. The van der Waals surface area contributed by atoms with Crippen LogP contribution in [0.15, 0.2) is 12.1 Å². The van der Waals surface area contributed by atoms with Crippen molar-refractivity contribution >= 4 is 22.9 Å². The Balaban J connectivity index is 2.03. The Hall–Kier alpha value is -0.130. The first-order chi connectivity index (χ1) is 9.47. The van der Waals surface area contributed by atoms with E-state index in [2.05, 4.69) is 26.1 Å². The van der Waals surface area contributed by atoms with E-state index in [1.165, 1.54) is 4.88 Å². The van der Waals surface area contributed by atoms with Crippen molar-refractivity contribution in [2.24, 2.45) is 5.92 Å². The first kappa shape index (κ1) is 17.9. The average Bonchev–Trinajstić information content (AvgIpc) is 2.77. The smallest absolute Gasteiger partial charge is 0.0931 e. The fourth-order valence-electron chi connectivity index (χ4n) is 2.03. The molecular formula is C15H26ClNO2S. The summed E-state index contributed by atoms with van der Waals surface area (Å²) in [5.74, 6) is 0.623. The van der Waals surface area contributed by atoms with Crippen LogP contribution in [0.3, 0.4) is 0 Å². The molecule has 0 aliphatic heterocycles. The highest BCUT2D eigenvalue weighted by atomic mass is 35.5. The van der Waals surface area contributed by atoms with Crippen LogP contribution in [0.1, 0.15) is 32.1 Å². The van der Waals surface area contributed by atoms with Gasteiger partial charge in [-0.1, -0.05) is 25.4 Å². The van der Waals surface area contributed by atoms with E-state index >= 15 is 0 Å². The van der Waals surface area contributed by atoms with Crippen LogP contribution in [0, 0.1) is 5.92 Å². The van der Waals surface area contributed by atoms with Gasteiger partial charge in [-0.15, -0.1) is 11.3 Å². The molecule has 0 spiro atoms. The Labute approximate surface area is 131 Å². The molecule has 0 aliphatic carbocycles. The van der Waals surface area contributed by atoms with Crippen LogP contribution in [-0.4, -0.2) is 37.0 Å². The van der Waals surface area contributed by atoms with Gasteiger partial charge in [-0.3, -0.25) is 0 Å². The number of aliphatic hydroxyl groups excluding tert-OH is 1. The molecule has 116 valence electrons. The van der Waals surface area contributed by atoms with Crippen LogP contribution < -0.4 is 5.32 Å². The lowest BCUT2D eigenvalue weighted by molar-refractivity contribution is -0.00838.